The summed E-state index contributed by atoms with van der Waals surface area (Å²) in [4.78, 5) is 32.9. The number of hydrogen-bond donors (Lipinski definition) is 0. The van der Waals surface area contributed by atoms with Gasteiger partial charge in [-0.15, -0.1) is 21.5 Å². The van der Waals surface area contributed by atoms with Crippen molar-refractivity contribution in [3.63, 3.8) is 0 Å². The fraction of sp³-hybridized carbons (Fsp3) is 0.296. The number of nitrogens with zero attached hydrogens (tertiary/aromatic N) is 6. The quantitative estimate of drug-likeness (QED) is 0.263. The minimum atomic E-state index is -0.339. The molecule has 1 saturated heterocycles. The molecule has 0 bridgehead atoms. The van der Waals surface area contributed by atoms with Crippen molar-refractivity contribution < 1.29 is 14.3 Å². The van der Waals surface area contributed by atoms with Gasteiger partial charge < -0.3 is 14.5 Å². The first-order valence-electron chi connectivity index (χ1n) is 12.5. The van der Waals surface area contributed by atoms with Crippen LogP contribution in [0.1, 0.15) is 28.0 Å². The van der Waals surface area contributed by atoms with Gasteiger partial charge >= 0.3 is 6.09 Å². The molecule has 0 saturated carbocycles. The van der Waals surface area contributed by atoms with Gasteiger partial charge in [0, 0.05) is 37.1 Å². The molecule has 2 amide bonds. The Morgan fingerprint density at radius 2 is 1.74 bits per heavy atom. The van der Waals surface area contributed by atoms with E-state index in [0.29, 0.717) is 60.2 Å². The second-order valence-corrected chi connectivity index (χ2v) is 11.1. The monoisotopic (exact) mass is 582 g/mol. The molecule has 202 valence electrons. The van der Waals surface area contributed by atoms with E-state index in [1.807, 2.05) is 60.0 Å². The molecule has 1 fully saturated rings. The number of carbonyl (C=O) groups excluding carboxylic acids is 2. The minimum absolute atomic E-state index is 0.130. The Balaban J connectivity index is 1.31. The number of piperazine rings is 1. The third-order valence-corrected chi connectivity index (χ3v) is 8.59. The summed E-state index contributed by atoms with van der Waals surface area (Å²) < 4.78 is 7.07. The lowest BCUT2D eigenvalue weighted by molar-refractivity contribution is 0.0566. The molecule has 0 atom stereocenters. The average molecular weight is 583 g/mol. The summed E-state index contributed by atoms with van der Waals surface area (Å²) in [6.45, 7) is 5.94. The van der Waals surface area contributed by atoms with Crippen LogP contribution in [0.15, 0.2) is 59.1 Å². The predicted molar refractivity (Wildman–Crippen MR) is 153 cm³/mol. The molecule has 4 aromatic rings. The Labute approximate surface area is 239 Å². The van der Waals surface area contributed by atoms with Crippen LogP contribution in [0.25, 0.3) is 17.1 Å². The van der Waals surface area contributed by atoms with Gasteiger partial charge in [-0.2, -0.15) is 0 Å². The maximum absolute atomic E-state index is 13.0. The Bertz CT molecular complexity index is 1480. The molecule has 1 aliphatic rings. The molecule has 2 aromatic heterocycles. The molecular weight excluding hydrogens is 556 g/mol. The fourth-order valence-corrected chi connectivity index (χ4v) is 6.23. The molecule has 1 aliphatic heterocycles. The van der Waals surface area contributed by atoms with Gasteiger partial charge in [-0.1, -0.05) is 53.7 Å². The van der Waals surface area contributed by atoms with Gasteiger partial charge in [0.2, 0.25) is 0 Å². The zero-order chi connectivity index (χ0) is 27.4. The first-order chi connectivity index (χ1) is 19.0. The van der Waals surface area contributed by atoms with Crippen LogP contribution in [0.4, 0.5) is 4.79 Å². The number of aromatic nitrogens is 4. The van der Waals surface area contributed by atoms with E-state index in [1.54, 1.807) is 22.1 Å². The largest absolute Gasteiger partial charge is 0.450 e. The van der Waals surface area contributed by atoms with Crippen molar-refractivity contribution in [3.8, 4) is 17.1 Å². The Morgan fingerprint density at radius 3 is 2.49 bits per heavy atom. The number of amides is 2. The maximum atomic E-state index is 13.0. The molecule has 2 aromatic carbocycles. The van der Waals surface area contributed by atoms with E-state index >= 15 is 0 Å². The lowest BCUT2D eigenvalue weighted by Gasteiger charge is -2.33. The topological polar surface area (TPSA) is 93.5 Å². The van der Waals surface area contributed by atoms with E-state index in [9.17, 15) is 9.59 Å². The first-order valence-corrected chi connectivity index (χ1v) is 14.7. The van der Waals surface area contributed by atoms with Crippen molar-refractivity contribution in [2.24, 2.45) is 0 Å². The normalized spacial score (nSPS) is 13.5. The zero-order valence-electron chi connectivity index (χ0n) is 21.5. The summed E-state index contributed by atoms with van der Waals surface area (Å²) in [5.41, 5.74) is 3.26. The second-order valence-electron chi connectivity index (χ2n) is 8.80. The summed E-state index contributed by atoms with van der Waals surface area (Å²) >= 11 is 9.46. The van der Waals surface area contributed by atoms with E-state index in [-0.39, 0.29) is 12.0 Å². The van der Waals surface area contributed by atoms with Crippen LogP contribution in [-0.4, -0.2) is 74.3 Å². The number of hydrogen-bond acceptors (Lipinski definition) is 8. The Morgan fingerprint density at radius 1 is 1.03 bits per heavy atom. The number of carbonyl (C=O) groups is 2. The highest BCUT2D eigenvalue weighted by Crippen LogP contribution is 2.34. The summed E-state index contributed by atoms with van der Waals surface area (Å²) in [5, 5.41) is 12.9. The Hall–Kier alpha value is -3.41. The van der Waals surface area contributed by atoms with Gasteiger partial charge in [0.1, 0.15) is 10.7 Å². The average Bonchev–Trinajstić information content (AvgIpc) is 3.60. The molecule has 0 radical (unpaired) electrons. The van der Waals surface area contributed by atoms with Crippen LogP contribution >= 0.6 is 34.7 Å². The van der Waals surface area contributed by atoms with Gasteiger partial charge in [-0.3, -0.25) is 9.36 Å². The first kappa shape index (κ1) is 27.2. The molecule has 12 heteroatoms. The minimum Gasteiger partial charge on any atom is -0.450 e. The van der Waals surface area contributed by atoms with Crippen LogP contribution in [0.2, 0.25) is 5.02 Å². The number of para-hydroxylation sites is 1. The van der Waals surface area contributed by atoms with Crippen LogP contribution in [0.3, 0.4) is 0 Å². The number of halogens is 1. The van der Waals surface area contributed by atoms with Crippen molar-refractivity contribution in [2.45, 2.75) is 24.8 Å². The van der Waals surface area contributed by atoms with Crippen molar-refractivity contribution in [2.75, 3.05) is 32.8 Å². The van der Waals surface area contributed by atoms with E-state index in [4.69, 9.17) is 16.3 Å². The van der Waals surface area contributed by atoms with Crippen LogP contribution in [0, 0.1) is 6.92 Å². The summed E-state index contributed by atoms with van der Waals surface area (Å²) in [6.07, 6.45) is -0.339. The molecule has 5 rings (SSSR count). The zero-order valence-corrected chi connectivity index (χ0v) is 23.9. The molecule has 3 heterocycles. The van der Waals surface area contributed by atoms with E-state index in [0.717, 1.165) is 21.8 Å². The summed E-state index contributed by atoms with van der Waals surface area (Å²) in [6, 6.07) is 15.6. The Kier molecular flexibility index (Phi) is 8.49. The van der Waals surface area contributed by atoms with Crippen molar-refractivity contribution >= 4 is 46.7 Å². The van der Waals surface area contributed by atoms with Gasteiger partial charge in [0.05, 0.1) is 23.1 Å². The number of ether oxygens (including phenoxy) is 1. The van der Waals surface area contributed by atoms with Gasteiger partial charge in [-0.25, -0.2) is 9.78 Å². The standard InChI is InChI=1S/C27H27ClN6O3S2/c1-3-37-27(36)33-14-12-32(13-15-33)25(35)21-16-38-23(29-21)17-39-26-31-30-24(19-9-5-6-10-20(19)28)34(26)22-11-7-4-8-18(22)2/h4-11,16H,3,12-15,17H2,1-2H3. The fourth-order valence-electron chi connectivity index (χ4n) is 4.28. The third-order valence-electron chi connectivity index (χ3n) is 6.29. The smallest absolute Gasteiger partial charge is 0.409 e. The van der Waals surface area contributed by atoms with E-state index in [2.05, 4.69) is 15.2 Å². The lowest BCUT2D eigenvalue weighted by Crippen LogP contribution is -2.50. The van der Waals surface area contributed by atoms with E-state index in [1.165, 1.54) is 23.1 Å². The highest BCUT2D eigenvalue weighted by Gasteiger charge is 2.27. The van der Waals surface area contributed by atoms with E-state index < -0.39 is 0 Å². The number of benzene rings is 2. The molecule has 0 aliphatic carbocycles. The maximum Gasteiger partial charge on any atom is 0.409 e. The van der Waals surface area contributed by atoms with Gasteiger partial charge in [0.25, 0.3) is 5.91 Å². The highest BCUT2D eigenvalue weighted by molar-refractivity contribution is 7.98. The number of rotatable bonds is 7. The lowest BCUT2D eigenvalue weighted by atomic mass is 10.1. The van der Waals surface area contributed by atoms with Gasteiger partial charge in [-0.05, 0) is 37.6 Å². The van der Waals surface area contributed by atoms with Crippen LogP contribution < -0.4 is 0 Å². The molecule has 0 spiro atoms. The summed E-state index contributed by atoms with van der Waals surface area (Å²) in [7, 11) is 0. The predicted octanol–water partition coefficient (Wildman–Crippen LogP) is 5.56. The summed E-state index contributed by atoms with van der Waals surface area (Å²) in [5.74, 6) is 1.06. The number of thioether (sulfide) groups is 1. The van der Waals surface area contributed by atoms with Crippen LogP contribution in [-0.2, 0) is 10.5 Å². The highest BCUT2D eigenvalue weighted by atomic mass is 35.5. The molecule has 0 unspecified atom stereocenters. The van der Waals surface area contributed by atoms with Crippen molar-refractivity contribution in [1.29, 1.82) is 0 Å². The third kappa shape index (κ3) is 5.95. The van der Waals surface area contributed by atoms with Crippen molar-refractivity contribution in [1.82, 2.24) is 29.5 Å². The van der Waals surface area contributed by atoms with Crippen molar-refractivity contribution in [3.05, 3.63) is 75.2 Å². The molecule has 39 heavy (non-hydrogen) atoms. The SMILES string of the molecule is CCOC(=O)N1CCN(C(=O)c2csc(CSc3nnc(-c4ccccc4Cl)n3-c3ccccc3C)n2)CC1. The molecule has 0 N–H and O–H groups in total. The number of thiazole rings is 1. The second kappa shape index (κ2) is 12.2. The molecular formula is C27H27ClN6O3S2. The number of aryl methyl sites for hydroxylation is 1. The van der Waals surface area contributed by atoms with Gasteiger partial charge in [0.15, 0.2) is 11.0 Å². The van der Waals surface area contributed by atoms with Crippen LogP contribution in [0.5, 0.6) is 0 Å². The molecule has 9 nitrogen and oxygen atoms in total.